The van der Waals surface area contributed by atoms with Crippen molar-refractivity contribution in [2.75, 3.05) is 50.0 Å². The fraction of sp³-hybridized carbons (Fsp3) is 0.355. The summed E-state index contributed by atoms with van der Waals surface area (Å²) >= 11 is 6.43. The Morgan fingerprint density at radius 1 is 1.00 bits per heavy atom. The molecule has 0 aromatic heterocycles. The number of hydrogen-bond donors (Lipinski definition) is 3. The van der Waals surface area contributed by atoms with Crippen LogP contribution in [0.1, 0.15) is 46.9 Å². The van der Waals surface area contributed by atoms with Gasteiger partial charge in [-0.05, 0) is 47.9 Å². The summed E-state index contributed by atoms with van der Waals surface area (Å²) in [5, 5.41) is 12.6. The Hall–Kier alpha value is -3.39. The highest BCUT2D eigenvalue weighted by Gasteiger charge is 2.29. The van der Waals surface area contributed by atoms with Crippen LogP contribution >= 0.6 is 11.6 Å². The number of rotatable bonds is 8. The van der Waals surface area contributed by atoms with Crippen molar-refractivity contribution in [1.29, 1.82) is 5.41 Å². The van der Waals surface area contributed by atoms with Crippen LogP contribution in [0.25, 0.3) is 0 Å². The van der Waals surface area contributed by atoms with Gasteiger partial charge in [0.15, 0.2) is 0 Å². The van der Waals surface area contributed by atoms with E-state index in [1.165, 1.54) is 0 Å². The van der Waals surface area contributed by atoms with Gasteiger partial charge in [0, 0.05) is 59.3 Å². The van der Waals surface area contributed by atoms with E-state index in [2.05, 4.69) is 27.2 Å². The van der Waals surface area contributed by atoms with E-state index >= 15 is 0 Å². The van der Waals surface area contributed by atoms with Crippen LogP contribution in [-0.2, 0) is 4.74 Å². The topological polar surface area (TPSA) is 94.7 Å². The molecule has 1 atom stereocenters. The van der Waals surface area contributed by atoms with Gasteiger partial charge in [0.25, 0.3) is 5.91 Å². The molecule has 204 valence electrons. The monoisotopic (exact) mass is 545 g/mol. The quantitative estimate of drug-likeness (QED) is 0.274. The average Bonchev–Trinajstić information content (AvgIpc) is 2.91. The van der Waals surface area contributed by atoms with Gasteiger partial charge in [-0.25, -0.2) is 0 Å². The number of hydrogen-bond acceptors (Lipinski definition) is 6. The number of nitrogens with two attached hydrogens (primary N) is 1. The van der Waals surface area contributed by atoms with Gasteiger partial charge in [0.05, 0.1) is 31.0 Å². The summed E-state index contributed by atoms with van der Waals surface area (Å²) in [6.07, 6.45) is 0. The van der Waals surface area contributed by atoms with E-state index in [1.807, 2.05) is 50.2 Å². The molecule has 1 unspecified atom stereocenters. The number of nitrogen functional groups attached to an aromatic ring is 1. The van der Waals surface area contributed by atoms with Crippen molar-refractivity contribution in [3.05, 3.63) is 94.0 Å². The summed E-state index contributed by atoms with van der Waals surface area (Å²) in [7, 11) is 0. The molecule has 0 spiro atoms. The Kier molecular flexibility index (Phi) is 8.21. The number of amides is 1. The number of benzene rings is 3. The number of carbonyl (C=O) groups excluding carboxylic acids is 1. The highest BCUT2D eigenvalue weighted by Crippen LogP contribution is 2.29. The Labute approximate surface area is 235 Å². The summed E-state index contributed by atoms with van der Waals surface area (Å²) in [6.45, 7) is 9.81. The lowest BCUT2D eigenvalue weighted by Gasteiger charge is -2.43. The molecule has 0 radical (unpaired) electrons. The number of nitrogens with zero attached hydrogens (tertiary/aromatic N) is 2. The number of carbonyl (C=O) groups is 1. The smallest absolute Gasteiger partial charge is 0.251 e. The molecule has 4 N–H and O–H groups in total. The van der Waals surface area contributed by atoms with Gasteiger partial charge in [-0.2, -0.15) is 0 Å². The fourth-order valence-corrected chi connectivity index (χ4v) is 5.50. The van der Waals surface area contributed by atoms with Crippen molar-refractivity contribution < 1.29 is 9.53 Å². The third kappa shape index (κ3) is 5.96. The first-order valence-corrected chi connectivity index (χ1v) is 13.9. The van der Waals surface area contributed by atoms with E-state index in [-0.39, 0.29) is 23.6 Å². The van der Waals surface area contributed by atoms with Crippen LogP contribution in [0.4, 0.5) is 11.4 Å². The largest absolute Gasteiger partial charge is 0.398 e. The van der Waals surface area contributed by atoms with Crippen LogP contribution in [0, 0.1) is 11.3 Å². The summed E-state index contributed by atoms with van der Waals surface area (Å²) in [5.41, 5.74) is 10.8. The molecule has 8 heteroatoms. The van der Waals surface area contributed by atoms with Crippen molar-refractivity contribution in [2.24, 2.45) is 5.92 Å². The zero-order valence-electron chi connectivity index (χ0n) is 22.5. The first-order valence-electron chi connectivity index (χ1n) is 13.5. The molecule has 1 amide bonds. The Morgan fingerprint density at radius 3 is 2.28 bits per heavy atom. The molecular weight excluding hydrogens is 510 g/mol. The standard InChI is InChI=1S/C31H36ClN5O2/c1-20(2)30(25-5-3-4-6-27(25)32)35-31(38)22-9-12-28(33)26(17-22)29(34)21-7-10-23(11-8-21)36-13-15-37(16-14-36)24-18-39-19-24/h3-12,17,20,24,30,34H,13-16,18-19,33H2,1-2H3,(H,35,38). The summed E-state index contributed by atoms with van der Waals surface area (Å²) in [6, 6.07) is 21.0. The van der Waals surface area contributed by atoms with E-state index in [4.69, 9.17) is 27.5 Å². The van der Waals surface area contributed by atoms with E-state index < -0.39 is 0 Å². The minimum atomic E-state index is -0.247. The fourth-order valence-electron chi connectivity index (χ4n) is 5.24. The lowest BCUT2D eigenvalue weighted by Crippen LogP contribution is -2.56. The van der Waals surface area contributed by atoms with Crippen molar-refractivity contribution in [1.82, 2.24) is 10.2 Å². The maximum Gasteiger partial charge on any atom is 0.251 e. The molecular formula is C31H36ClN5O2. The first kappa shape index (κ1) is 27.2. The molecule has 0 aliphatic carbocycles. The van der Waals surface area contributed by atoms with E-state index in [9.17, 15) is 4.79 Å². The molecule has 2 aliphatic rings. The molecule has 3 aromatic rings. The summed E-state index contributed by atoms with van der Waals surface area (Å²) in [5.74, 6) is -0.0975. The predicted molar refractivity (Wildman–Crippen MR) is 158 cm³/mol. The predicted octanol–water partition coefficient (Wildman–Crippen LogP) is 4.99. The van der Waals surface area contributed by atoms with Crippen LogP contribution < -0.4 is 16.0 Å². The molecule has 0 saturated carbocycles. The third-order valence-electron chi connectivity index (χ3n) is 7.75. The molecule has 0 bridgehead atoms. The van der Waals surface area contributed by atoms with Gasteiger partial charge in [0.2, 0.25) is 0 Å². The van der Waals surface area contributed by atoms with Crippen molar-refractivity contribution in [2.45, 2.75) is 25.9 Å². The molecule has 2 heterocycles. The molecule has 3 aromatic carbocycles. The zero-order chi connectivity index (χ0) is 27.5. The first-order chi connectivity index (χ1) is 18.8. The van der Waals surface area contributed by atoms with Gasteiger partial charge >= 0.3 is 0 Å². The van der Waals surface area contributed by atoms with Crippen molar-refractivity contribution in [3.8, 4) is 0 Å². The molecule has 39 heavy (non-hydrogen) atoms. The number of halogens is 1. The van der Waals surface area contributed by atoms with Gasteiger partial charge in [-0.1, -0.05) is 55.8 Å². The Bertz CT molecular complexity index is 1330. The highest BCUT2D eigenvalue weighted by atomic mass is 35.5. The SMILES string of the molecule is CC(C)C(NC(=O)c1ccc(N)c(C(=N)c2ccc(N3CCN(C4COC4)CC3)cc2)c1)c1ccccc1Cl. The van der Waals surface area contributed by atoms with Crippen LogP contribution in [-0.4, -0.2) is 62.0 Å². The normalized spacial score (nSPS) is 17.1. The molecule has 5 rings (SSSR count). The second-order valence-electron chi connectivity index (χ2n) is 10.7. The van der Waals surface area contributed by atoms with E-state index in [0.29, 0.717) is 27.9 Å². The van der Waals surface area contributed by atoms with E-state index in [1.54, 1.807) is 18.2 Å². The minimum absolute atomic E-state index is 0.133. The van der Waals surface area contributed by atoms with Crippen LogP contribution in [0.5, 0.6) is 0 Å². The molecule has 2 saturated heterocycles. The van der Waals surface area contributed by atoms with Crippen LogP contribution in [0.15, 0.2) is 66.7 Å². The summed E-state index contributed by atoms with van der Waals surface area (Å²) < 4.78 is 5.34. The van der Waals surface area contributed by atoms with Crippen molar-refractivity contribution in [3.63, 3.8) is 0 Å². The highest BCUT2D eigenvalue weighted by molar-refractivity contribution is 6.31. The number of ether oxygens (including phenoxy) is 1. The van der Waals surface area contributed by atoms with Gasteiger partial charge < -0.3 is 20.7 Å². The van der Waals surface area contributed by atoms with Gasteiger partial charge in [-0.3, -0.25) is 15.1 Å². The maximum absolute atomic E-state index is 13.3. The van der Waals surface area contributed by atoms with Crippen LogP contribution in [0.3, 0.4) is 0 Å². The molecule has 7 nitrogen and oxygen atoms in total. The number of anilines is 2. The zero-order valence-corrected chi connectivity index (χ0v) is 23.2. The summed E-state index contributed by atoms with van der Waals surface area (Å²) in [4.78, 5) is 18.2. The number of nitrogens with one attached hydrogen (secondary N) is 2. The second-order valence-corrected chi connectivity index (χ2v) is 11.1. The van der Waals surface area contributed by atoms with Crippen LogP contribution in [0.2, 0.25) is 5.02 Å². The third-order valence-corrected chi connectivity index (χ3v) is 8.09. The lowest BCUT2D eigenvalue weighted by atomic mass is 9.95. The van der Waals surface area contributed by atoms with Crippen molar-refractivity contribution >= 4 is 34.6 Å². The number of piperazine rings is 1. The Balaban J connectivity index is 1.28. The van der Waals surface area contributed by atoms with Gasteiger partial charge in [-0.15, -0.1) is 0 Å². The van der Waals surface area contributed by atoms with E-state index in [0.717, 1.165) is 56.2 Å². The molecule has 2 fully saturated rings. The maximum atomic E-state index is 13.3. The molecule has 2 aliphatic heterocycles. The Morgan fingerprint density at radius 2 is 1.67 bits per heavy atom. The average molecular weight is 546 g/mol. The van der Waals surface area contributed by atoms with Gasteiger partial charge in [0.1, 0.15) is 0 Å². The minimum Gasteiger partial charge on any atom is -0.398 e. The lowest BCUT2D eigenvalue weighted by molar-refractivity contribution is -0.0660. The second kappa shape index (κ2) is 11.8.